The Hall–Kier alpha value is -1.56. The van der Waals surface area contributed by atoms with Gasteiger partial charge in [-0.3, -0.25) is 4.79 Å². The van der Waals surface area contributed by atoms with Crippen LogP contribution in [0.5, 0.6) is 5.75 Å². The Bertz CT molecular complexity index is 399. The molecule has 0 aliphatic carbocycles. The normalized spacial score (nSPS) is 11.3. The molecule has 1 aromatic carbocycles. The summed E-state index contributed by atoms with van der Waals surface area (Å²) in [6.07, 6.45) is -4.54. The van der Waals surface area contributed by atoms with E-state index in [0.29, 0.717) is 6.07 Å². The van der Waals surface area contributed by atoms with E-state index >= 15 is 0 Å². The Balaban J connectivity index is 3.16. The lowest BCUT2D eigenvalue weighted by atomic mass is 10.1. The molecule has 0 aliphatic rings. The SMILES string of the molecule is CC(=O)Oc1cc(CO)cc(C(F)(F)F)c1. The van der Waals surface area contributed by atoms with Gasteiger partial charge in [-0.15, -0.1) is 0 Å². The number of benzene rings is 1. The number of esters is 1. The number of hydrogen-bond donors (Lipinski definition) is 1. The monoisotopic (exact) mass is 234 g/mol. The minimum Gasteiger partial charge on any atom is -0.427 e. The number of aliphatic hydroxyl groups excluding tert-OH is 1. The first kappa shape index (κ1) is 12.5. The van der Waals surface area contributed by atoms with Gasteiger partial charge in [0.15, 0.2) is 0 Å². The van der Waals surface area contributed by atoms with Crippen molar-refractivity contribution in [1.82, 2.24) is 0 Å². The Kier molecular flexibility index (Phi) is 3.54. The third-order valence-electron chi connectivity index (χ3n) is 1.74. The highest BCUT2D eigenvalue weighted by Gasteiger charge is 2.31. The summed E-state index contributed by atoms with van der Waals surface area (Å²) >= 11 is 0. The second kappa shape index (κ2) is 4.52. The van der Waals surface area contributed by atoms with E-state index in [1.54, 1.807) is 0 Å². The first-order valence-electron chi connectivity index (χ1n) is 4.33. The molecule has 0 bridgehead atoms. The third kappa shape index (κ3) is 3.23. The summed E-state index contributed by atoms with van der Waals surface area (Å²) in [6, 6.07) is 2.68. The van der Waals surface area contributed by atoms with Crippen LogP contribution in [-0.4, -0.2) is 11.1 Å². The number of aliphatic hydroxyl groups is 1. The Morgan fingerprint density at radius 1 is 1.38 bits per heavy atom. The van der Waals surface area contributed by atoms with E-state index in [4.69, 9.17) is 5.11 Å². The lowest BCUT2D eigenvalue weighted by Gasteiger charge is -2.10. The van der Waals surface area contributed by atoms with Gasteiger partial charge in [0, 0.05) is 6.92 Å². The standard InChI is InChI=1S/C10H9F3O3/c1-6(15)16-9-3-7(5-14)2-8(4-9)10(11,12)13/h2-4,14H,5H2,1H3. The molecule has 0 atom stereocenters. The van der Waals surface area contributed by atoms with Gasteiger partial charge < -0.3 is 9.84 Å². The molecule has 0 radical (unpaired) electrons. The second-order valence-electron chi connectivity index (χ2n) is 3.12. The van der Waals surface area contributed by atoms with Crippen LogP contribution in [0.25, 0.3) is 0 Å². The van der Waals surface area contributed by atoms with Crippen LogP contribution in [0.15, 0.2) is 18.2 Å². The molecule has 0 heterocycles. The molecular weight excluding hydrogens is 225 g/mol. The molecule has 1 aromatic rings. The van der Waals surface area contributed by atoms with Crippen LogP contribution in [0.4, 0.5) is 13.2 Å². The van der Waals surface area contributed by atoms with Gasteiger partial charge in [0.25, 0.3) is 0 Å². The zero-order valence-electron chi connectivity index (χ0n) is 8.34. The van der Waals surface area contributed by atoms with Crippen molar-refractivity contribution in [3.05, 3.63) is 29.3 Å². The van der Waals surface area contributed by atoms with Crippen molar-refractivity contribution in [3.63, 3.8) is 0 Å². The van der Waals surface area contributed by atoms with Crippen LogP contribution < -0.4 is 4.74 Å². The highest BCUT2D eigenvalue weighted by molar-refractivity contribution is 5.69. The van der Waals surface area contributed by atoms with Gasteiger partial charge in [-0.1, -0.05) is 0 Å². The predicted molar refractivity (Wildman–Crippen MR) is 48.7 cm³/mol. The summed E-state index contributed by atoms with van der Waals surface area (Å²) in [5.41, 5.74) is -0.929. The third-order valence-corrected chi connectivity index (χ3v) is 1.74. The van der Waals surface area contributed by atoms with Gasteiger partial charge in [-0.25, -0.2) is 0 Å². The Labute approximate surface area is 89.5 Å². The maximum Gasteiger partial charge on any atom is 0.416 e. The molecule has 0 saturated heterocycles. The molecule has 0 spiro atoms. The molecule has 0 fully saturated rings. The summed E-state index contributed by atoms with van der Waals surface area (Å²) < 4.78 is 41.7. The maximum atomic E-state index is 12.4. The number of carbonyl (C=O) groups is 1. The summed E-state index contributed by atoms with van der Waals surface area (Å²) in [4.78, 5) is 10.6. The molecule has 0 saturated carbocycles. The molecular formula is C10H9F3O3. The lowest BCUT2D eigenvalue weighted by Crippen LogP contribution is -2.08. The van der Waals surface area contributed by atoms with Crippen LogP contribution in [0.2, 0.25) is 0 Å². The van der Waals surface area contributed by atoms with Gasteiger partial charge in [0.2, 0.25) is 0 Å². The van der Waals surface area contributed by atoms with Crippen molar-refractivity contribution in [1.29, 1.82) is 0 Å². The van der Waals surface area contributed by atoms with Gasteiger partial charge in [0.1, 0.15) is 5.75 Å². The van der Waals surface area contributed by atoms with E-state index in [-0.39, 0.29) is 11.3 Å². The first-order valence-corrected chi connectivity index (χ1v) is 4.33. The summed E-state index contributed by atoms with van der Waals surface area (Å²) in [5.74, 6) is -0.949. The summed E-state index contributed by atoms with van der Waals surface area (Å²) in [5, 5.41) is 8.78. The van der Waals surface area contributed by atoms with Crippen molar-refractivity contribution >= 4 is 5.97 Å². The first-order chi connectivity index (χ1) is 7.32. The van der Waals surface area contributed by atoms with Gasteiger partial charge >= 0.3 is 12.1 Å². The van der Waals surface area contributed by atoms with Gasteiger partial charge in [-0.05, 0) is 23.8 Å². The molecule has 6 heteroatoms. The topological polar surface area (TPSA) is 46.5 Å². The number of rotatable bonds is 2. The Morgan fingerprint density at radius 3 is 2.44 bits per heavy atom. The number of hydrogen-bond acceptors (Lipinski definition) is 3. The largest absolute Gasteiger partial charge is 0.427 e. The smallest absolute Gasteiger partial charge is 0.416 e. The Morgan fingerprint density at radius 2 is 2.00 bits per heavy atom. The second-order valence-corrected chi connectivity index (χ2v) is 3.12. The zero-order chi connectivity index (χ0) is 12.3. The molecule has 1 rings (SSSR count). The maximum absolute atomic E-state index is 12.4. The minimum atomic E-state index is -4.54. The average Bonchev–Trinajstić information content (AvgIpc) is 2.14. The quantitative estimate of drug-likeness (QED) is 0.629. The average molecular weight is 234 g/mol. The van der Waals surface area contributed by atoms with Crippen molar-refractivity contribution in [3.8, 4) is 5.75 Å². The number of ether oxygens (including phenoxy) is 1. The molecule has 0 aliphatic heterocycles. The van der Waals surface area contributed by atoms with Gasteiger partial charge in [0.05, 0.1) is 12.2 Å². The number of halogens is 3. The van der Waals surface area contributed by atoms with Crippen LogP contribution in [0.3, 0.4) is 0 Å². The van der Waals surface area contributed by atoms with Crippen LogP contribution >= 0.6 is 0 Å². The van der Waals surface area contributed by atoms with E-state index in [1.807, 2.05) is 0 Å². The molecule has 0 amide bonds. The molecule has 3 nitrogen and oxygen atoms in total. The lowest BCUT2D eigenvalue weighted by molar-refractivity contribution is -0.138. The fourth-order valence-corrected chi connectivity index (χ4v) is 1.14. The van der Waals surface area contributed by atoms with E-state index < -0.39 is 24.3 Å². The summed E-state index contributed by atoms with van der Waals surface area (Å²) in [7, 11) is 0. The van der Waals surface area contributed by atoms with E-state index in [9.17, 15) is 18.0 Å². The van der Waals surface area contributed by atoms with Crippen molar-refractivity contribution in [2.75, 3.05) is 0 Å². The fraction of sp³-hybridized carbons (Fsp3) is 0.300. The van der Waals surface area contributed by atoms with Crippen molar-refractivity contribution < 1.29 is 27.8 Å². The highest BCUT2D eigenvalue weighted by atomic mass is 19.4. The fourth-order valence-electron chi connectivity index (χ4n) is 1.14. The molecule has 16 heavy (non-hydrogen) atoms. The molecule has 0 aromatic heterocycles. The number of carbonyl (C=O) groups excluding carboxylic acids is 1. The van der Waals surface area contributed by atoms with Gasteiger partial charge in [-0.2, -0.15) is 13.2 Å². The van der Waals surface area contributed by atoms with Crippen molar-refractivity contribution in [2.45, 2.75) is 19.7 Å². The predicted octanol–water partition coefficient (Wildman–Crippen LogP) is 2.12. The minimum absolute atomic E-state index is 0.0334. The van der Waals surface area contributed by atoms with Crippen LogP contribution in [0.1, 0.15) is 18.1 Å². The summed E-state index contributed by atoms with van der Waals surface area (Å²) in [6.45, 7) is 0.525. The van der Waals surface area contributed by atoms with E-state index in [2.05, 4.69) is 4.74 Å². The number of alkyl halides is 3. The van der Waals surface area contributed by atoms with E-state index in [1.165, 1.54) is 6.07 Å². The van der Waals surface area contributed by atoms with Crippen LogP contribution in [0, 0.1) is 0 Å². The van der Waals surface area contributed by atoms with E-state index in [0.717, 1.165) is 13.0 Å². The zero-order valence-corrected chi connectivity index (χ0v) is 8.34. The van der Waals surface area contributed by atoms with Crippen molar-refractivity contribution in [2.24, 2.45) is 0 Å². The molecule has 0 unspecified atom stereocenters. The molecule has 88 valence electrons. The molecule has 1 N–H and O–H groups in total. The van der Waals surface area contributed by atoms with Crippen LogP contribution in [-0.2, 0) is 17.6 Å². The highest BCUT2D eigenvalue weighted by Crippen LogP contribution is 2.32.